The summed E-state index contributed by atoms with van der Waals surface area (Å²) in [5, 5.41) is 9.56. The lowest BCUT2D eigenvalue weighted by molar-refractivity contribution is 0.325. The van der Waals surface area contributed by atoms with Crippen LogP contribution in [-0.4, -0.2) is 18.6 Å². The van der Waals surface area contributed by atoms with Crippen molar-refractivity contribution < 1.29 is 0 Å². The number of hydrogen-bond acceptors (Lipinski definition) is 3. The van der Waals surface area contributed by atoms with Crippen LogP contribution in [0.4, 0.5) is 0 Å². The Balaban J connectivity index is 1.41. The highest BCUT2D eigenvalue weighted by atomic mass is 79.9. The van der Waals surface area contributed by atoms with Crippen LogP contribution >= 0.6 is 27.3 Å². The fourth-order valence-corrected chi connectivity index (χ4v) is 4.82. The normalized spacial score (nSPS) is 31.5. The van der Waals surface area contributed by atoms with Crippen LogP contribution < -0.4 is 10.6 Å². The molecule has 1 aromatic rings. The Hall–Kier alpha value is 0.1000. The van der Waals surface area contributed by atoms with E-state index in [0.29, 0.717) is 6.04 Å². The van der Waals surface area contributed by atoms with Crippen LogP contribution in [0.25, 0.3) is 0 Å². The number of fused-ring (bicyclic) bond motifs is 1. The first-order valence-corrected chi connectivity index (χ1v) is 8.68. The largest absolute Gasteiger partial charge is 0.310 e. The summed E-state index contributed by atoms with van der Waals surface area (Å²) in [4.78, 5) is 1.41. The Morgan fingerprint density at radius 1 is 1.39 bits per heavy atom. The third-order valence-electron chi connectivity index (χ3n) is 4.26. The molecule has 0 amide bonds. The van der Waals surface area contributed by atoms with Crippen molar-refractivity contribution in [3.63, 3.8) is 0 Å². The highest BCUT2D eigenvalue weighted by Crippen LogP contribution is 2.32. The van der Waals surface area contributed by atoms with Crippen LogP contribution in [0.2, 0.25) is 0 Å². The summed E-state index contributed by atoms with van der Waals surface area (Å²) in [6.07, 6.45) is 7.11. The monoisotopic (exact) mass is 328 g/mol. The molecule has 3 unspecified atom stereocenters. The third-order valence-corrected chi connectivity index (χ3v) is 5.96. The molecule has 0 aromatic carbocycles. The molecule has 1 saturated carbocycles. The van der Waals surface area contributed by atoms with E-state index in [4.69, 9.17) is 0 Å². The predicted octanol–water partition coefficient (Wildman–Crippen LogP) is 3.52. The van der Waals surface area contributed by atoms with Crippen molar-refractivity contribution in [1.29, 1.82) is 0 Å². The van der Waals surface area contributed by atoms with E-state index in [-0.39, 0.29) is 0 Å². The Labute approximate surface area is 122 Å². The fraction of sp³-hybridized carbons (Fsp3) is 0.714. The Morgan fingerprint density at radius 3 is 3.06 bits per heavy atom. The van der Waals surface area contributed by atoms with Crippen LogP contribution in [0.1, 0.15) is 37.0 Å². The standard InChI is InChI=1S/C14H21BrN2S/c15-11-6-13(18-9-11)8-16-7-12-5-10-3-1-2-4-14(10)17-12/h6,9-10,12,14,16-17H,1-5,7-8H2. The summed E-state index contributed by atoms with van der Waals surface area (Å²) in [5.41, 5.74) is 0. The smallest absolute Gasteiger partial charge is 0.0300 e. The Morgan fingerprint density at radius 2 is 2.28 bits per heavy atom. The predicted molar refractivity (Wildman–Crippen MR) is 81.0 cm³/mol. The molecular weight excluding hydrogens is 308 g/mol. The molecule has 0 radical (unpaired) electrons. The van der Waals surface area contributed by atoms with Crippen molar-refractivity contribution in [3.05, 3.63) is 20.8 Å². The first kappa shape index (κ1) is 13.1. The molecule has 18 heavy (non-hydrogen) atoms. The zero-order valence-corrected chi connectivity index (χ0v) is 13.0. The van der Waals surface area contributed by atoms with Crippen molar-refractivity contribution in [2.45, 2.75) is 50.7 Å². The zero-order chi connectivity index (χ0) is 12.4. The van der Waals surface area contributed by atoms with Crippen molar-refractivity contribution in [3.8, 4) is 0 Å². The van der Waals surface area contributed by atoms with E-state index in [0.717, 1.165) is 25.0 Å². The molecule has 4 heteroatoms. The molecule has 2 fully saturated rings. The molecule has 100 valence electrons. The van der Waals surface area contributed by atoms with E-state index >= 15 is 0 Å². The van der Waals surface area contributed by atoms with Gasteiger partial charge in [0.05, 0.1) is 0 Å². The second kappa shape index (κ2) is 6.04. The molecule has 1 aromatic heterocycles. The molecule has 1 saturated heterocycles. The van der Waals surface area contributed by atoms with E-state index in [2.05, 4.69) is 38.0 Å². The van der Waals surface area contributed by atoms with Gasteiger partial charge < -0.3 is 10.6 Å². The van der Waals surface area contributed by atoms with Gasteiger partial charge in [-0.1, -0.05) is 12.8 Å². The van der Waals surface area contributed by atoms with Gasteiger partial charge in [0.25, 0.3) is 0 Å². The number of halogens is 1. The molecule has 1 aliphatic carbocycles. The summed E-state index contributed by atoms with van der Waals surface area (Å²) < 4.78 is 1.20. The fourth-order valence-electron chi connectivity index (χ4n) is 3.40. The lowest BCUT2D eigenvalue weighted by atomic mass is 9.85. The molecule has 3 atom stereocenters. The SMILES string of the molecule is Brc1csc(CNCC2CC3CCCCC3N2)c1. The van der Waals surface area contributed by atoms with E-state index in [1.807, 2.05) is 11.3 Å². The van der Waals surface area contributed by atoms with Crippen molar-refractivity contribution in [2.24, 2.45) is 5.92 Å². The molecule has 0 bridgehead atoms. The number of thiophene rings is 1. The van der Waals surface area contributed by atoms with E-state index < -0.39 is 0 Å². The summed E-state index contributed by atoms with van der Waals surface area (Å²) >= 11 is 5.32. The molecule has 0 spiro atoms. The van der Waals surface area contributed by atoms with E-state index in [9.17, 15) is 0 Å². The Kier molecular flexibility index (Phi) is 4.39. The second-order valence-corrected chi connectivity index (χ2v) is 7.52. The highest BCUT2D eigenvalue weighted by Gasteiger charge is 2.34. The average Bonchev–Trinajstić information content (AvgIpc) is 2.95. The molecule has 2 N–H and O–H groups in total. The summed E-state index contributed by atoms with van der Waals surface area (Å²) in [6, 6.07) is 3.72. The van der Waals surface area contributed by atoms with E-state index in [1.165, 1.54) is 41.5 Å². The van der Waals surface area contributed by atoms with Gasteiger partial charge in [-0.15, -0.1) is 11.3 Å². The van der Waals surface area contributed by atoms with Crippen molar-refractivity contribution in [2.75, 3.05) is 6.54 Å². The molecule has 3 rings (SSSR count). The first-order valence-electron chi connectivity index (χ1n) is 7.01. The minimum Gasteiger partial charge on any atom is -0.310 e. The van der Waals surface area contributed by atoms with Crippen molar-refractivity contribution >= 4 is 27.3 Å². The lowest BCUT2D eigenvalue weighted by Crippen LogP contribution is -2.38. The minimum absolute atomic E-state index is 0.696. The van der Waals surface area contributed by atoms with Crippen LogP contribution in [0, 0.1) is 5.92 Å². The topological polar surface area (TPSA) is 24.1 Å². The Bertz CT molecular complexity index is 379. The van der Waals surface area contributed by atoms with E-state index in [1.54, 1.807) is 0 Å². The van der Waals surface area contributed by atoms with Crippen LogP contribution in [0.3, 0.4) is 0 Å². The minimum atomic E-state index is 0.696. The first-order chi connectivity index (χ1) is 8.81. The molecular formula is C14H21BrN2S. The zero-order valence-electron chi connectivity index (χ0n) is 10.6. The lowest BCUT2D eigenvalue weighted by Gasteiger charge is -2.24. The number of nitrogens with one attached hydrogen (secondary N) is 2. The van der Waals surface area contributed by atoms with Gasteiger partial charge >= 0.3 is 0 Å². The number of hydrogen-bond donors (Lipinski definition) is 2. The average molecular weight is 329 g/mol. The summed E-state index contributed by atoms with van der Waals surface area (Å²) in [7, 11) is 0. The maximum atomic E-state index is 3.82. The van der Waals surface area contributed by atoms with Gasteiger partial charge in [0.15, 0.2) is 0 Å². The maximum Gasteiger partial charge on any atom is 0.0300 e. The van der Waals surface area contributed by atoms with Crippen LogP contribution in [0.5, 0.6) is 0 Å². The second-order valence-electron chi connectivity index (χ2n) is 5.61. The number of rotatable bonds is 4. The molecule has 2 heterocycles. The van der Waals surface area contributed by atoms with Gasteiger partial charge in [-0.2, -0.15) is 0 Å². The van der Waals surface area contributed by atoms with Crippen LogP contribution in [0.15, 0.2) is 15.9 Å². The summed E-state index contributed by atoms with van der Waals surface area (Å²) in [5.74, 6) is 0.960. The van der Waals surface area contributed by atoms with Crippen molar-refractivity contribution in [1.82, 2.24) is 10.6 Å². The summed E-state index contributed by atoms with van der Waals surface area (Å²) in [6.45, 7) is 2.12. The molecule has 2 aliphatic rings. The van der Waals surface area contributed by atoms with Gasteiger partial charge in [0.2, 0.25) is 0 Å². The van der Waals surface area contributed by atoms with Gasteiger partial charge in [-0.05, 0) is 47.2 Å². The van der Waals surface area contributed by atoms with Gasteiger partial charge in [-0.3, -0.25) is 0 Å². The van der Waals surface area contributed by atoms with Gasteiger partial charge in [0.1, 0.15) is 0 Å². The highest BCUT2D eigenvalue weighted by molar-refractivity contribution is 9.10. The van der Waals surface area contributed by atoms with Crippen LogP contribution in [-0.2, 0) is 6.54 Å². The van der Waals surface area contributed by atoms with Gasteiger partial charge in [0, 0.05) is 39.9 Å². The maximum absolute atomic E-state index is 3.82. The van der Waals surface area contributed by atoms with Gasteiger partial charge in [-0.25, -0.2) is 0 Å². The molecule has 1 aliphatic heterocycles. The quantitative estimate of drug-likeness (QED) is 0.883. The molecule has 2 nitrogen and oxygen atoms in total. The third kappa shape index (κ3) is 3.16.